The summed E-state index contributed by atoms with van der Waals surface area (Å²) in [5.74, 6) is 0. The molecule has 0 unspecified atom stereocenters. The van der Waals surface area contributed by atoms with Gasteiger partial charge in [0, 0.05) is 19.6 Å². The molecule has 0 radical (unpaired) electrons. The van der Waals surface area contributed by atoms with E-state index in [-0.39, 0.29) is 0 Å². The number of hydrogen-bond donors (Lipinski definition) is 0. The minimum Gasteiger partial charge on any atom is -0.309 e. The highest BCUT2D eigenvalue weighted by Gasteiger charge is 2.22. The van der Waals surface area contributed by atoms with Crippen molar-refractivity contribution in [3.8, 4) is 0 Å². The highest BCUT2D eigenvalue weighted by Crippen LogP contribution is 2.10. The maximum Gasteiger partial charge on any atom is 0.119 e. The first-order valence-corrected chi connectivity index (χ1v) is 11.0. The molecule has 0 spiro atoms. The van der Waals surface area contributed by atoms with Crippen LogP contribution in [0.15, 0.2) is 19.0 Å². The Balaban J connectivity index is 0.000000637. The Labute approximate surface area is 184 Å². The van der Waals surface area contributed by atoms with Gasteiger partial charge >= 0.3 is 0 Å². The fourth-order valence-electron chi connectivity index (χ4n) is 3.44. The van der Waals surface area contributed by atoms with Crippen LogP contribution in [-0.4, -0.2) is 146 Å². The van der Waals surface area contributed by atoms with Gasteiger partial charge < -0.3 is 14.7 Å². The first-order valence-electron chi connectivity index (χ1n) is 11.0. The fourth-order valence-corrected chi connectivity index (χ4v) is 3.44. The van der Waals surface area contributed by atoms with E-state index in [1.165, 1.54) is 77.5 Å². The smallest absolute Gasteiger partial charge is 0.119 e. The SMILES string of the molecule is CN(C)CCCN1CN(CCCN(C)C)CN(CCCN(C)C)C1.c1ncncn1. The van der Waals surface area contributed by atoms with Crippen LogP contribution in [0.5, 0.6) is 0 Å². The van der Waals surface area contributed by atoms with Crippen molar-refractivity contribution in [2.24, 2.45) is 0 Å². The first-order chi connectivity index (χ1) is 14.4. The second kappa shape index (κ2) is 16.5. The van der Waals surface area contributed by atoms with Crippen molar-refractivity contribution < 1.29 is 0 Å². The number of hydrogen-bond acceptors (Lipinski definition) is 9. The molecule has 1 aromatic heterocycles. The highest BCUT2D eigenvalue weighted by atomic mass is 15.5. The number of rotatable bonds is 12. The Bertz CT molecular complexity index is 418. The molecule has 1 saturated heterocycles. The second-order valence-electron chi connectivity index (χ2n) is 8.87. The minimum atomic E-state index is 1.13. The lowest BCUT2D eigenvalue weighted by molar-refractivity contribution is -0.0320. The van der Waals surface area contributed by atoms with E-state index in [4.69, 9.17) is 0 Å². The van der Waals surface area contributed by atoms with Crippen LogP contribution < -0.4 is 0 Å². The molecule has 0 aliphatic carbocycles. The normalized spacial score (nSPS) is 16.3. The Morgan fingerprint density at radius 1 is 0.533 bits per heavy atom. The maximum atomic E-state index is 3.56. The molecule has 1 aliphatic rings. The molecular formula is C21H45N9. The van der Waals surface area contributed by atoms with E-state index < -0.39 is 0 Å². The van der Waals surface area contributed by atoms with E-state index in [1.807, 2.05) is 0 Å². The largest absolute Gasteiger partial charge is 0.309 e. The van der Waals surface area contributed by atoms with Crippen LogP contribution in [0.3, 0.4) is 0 Å². The van der Waals surface area contributed by atoms with Crippen molar-refractivity contribution in [3.63, 3.8) is 0 Å². The van der Waals surface area contributed by atoms with Crippen molar-refractivity contribution in [2.75, 3.05) is 102 Å². The van der Waals surface area contributed by atoms with Crippen molar-refractivity contribution >= 4 is 0 Å². The van der Waals surface area contributed by atoms with E-state index in [0.717, 1.165) is 20.0 Å². The first kappa shape index (κ1) is 26.8. The Kier molecular flexibility index (Phi) is 14.7. The number of nitrogens with zero attached hydrogens (tertiary/aromatic N) is 9. The van der Waals surface area contributed by atoms with Crippen molar-refractivity contribution in [1.29, 1.82) is 0 Å². The van der Waals surface area contributed by atoms with Crippen LogP contribution in [0, 0.1) is 0 Å². The lowest BCUT2D eigenvalue weighted by atomic mass is 10.3. The average Bonchev–Trinajstić information content (AvgIpc) is 2.69. The molecule has 0 atom stereocenters. The lowest BCUT2D eigenvalue weighted by Gasteiger charge is -2.42. The summed E-state index contributed by atoms with van der Waals surface area (Å²) in [6.07, 6.45) is 8.07. The van der Waals surface area contributed by atoms with Crippen LogP contribution in [0.4, 0.5) is 0 Å². The molecule has 2 heterocycles. The van der Waals surface area contributed by atoms with Crippen molar-refractivity contribution in [1.82, 2.24) is 44.4 Å². The topological polar surface area (TPSA) is 58.1 Å². The summed E-state index contributed by atoms with van der Waals surface area (Å²) in [7, 11) is 13.0. The monoisotopic (exact) mass is 423 g/mol. The molecule has 30 heavy (non-hydrogen) atoms. The standard InChI is InChI=1S/C18H42N6.C3H3N3/c1-19(2)10-7-13-22-16-23(14-8-11-20(3)4)18-24(17-22)15-9-12-21(5)6;1-4-2-6-3-5-1/h7-18H2,1-6H3;1-3H. The summed E-state index contributed by atoms with van der Waals surface area (Å²) >= 11 is 0. The molecular weight excluding hydrogens is 378 g/mol. The summed E-state index contributed by atoms with van der Waals surface area (Å²) in [6, 6.07) is 0. The average molecular weight is 424 g/mol. The van der Waals surface area contributed by atoms with E-state index in [1.54, 1.807) is 0 Å². The summed E-state index contributed by atoms with van der Waals surface area (Å²) < 4.78 is 0. The Hall–Kier alpha value is -1.23. The predicted octanol–water partition coefficient (Wildman–Crippen LogP) is 0.505. The second-order valence-corrected chi connectivity index (χ2v) is 8.87. The van der Waals surface area contributed by atoms with Gasteiger partial charge in [-0.3, -0.25) is 14.7 Å². The van der Waals surface area contributed by atoms with E-state index >= 15 is 0 Å². The van der Waals surface area contributed by atoms with Gasteiger partial charge in [0.05, 0.1) is 20.0 Å². The van der Waals surface area contributed by atoms with Gasteiger partial charge in [-0.15, -0.1) is 0 Å². The summed E-state index contributed by atoms with van der Waals surface area (Å²) in [4.78, 5) is 25.4. The summed E-state index contributed by atoms with van der Waals surface area (Å²) in [5, 5.41) is 0. The Morgan fingerprint density at radius 3 is 1.00 bits per heavy atom. The van der Waals surface area contributed by atoms with Crippen molar-refractivity contribution in [3.05, 3.63) is 19.0 Å². The molecule has 0 amide bonds. The van der Waals surface area contributed by atoms with E-state index in [2.05, 4.69) is 86.6 Å². The van der Waals surface area contributed by atoms with Crippen molar-refractivity contribution in [2.45, 2.75) is 19.3 Å². The van der Waals surface area contributed by atoms with Crippen LogP contribution in [0.1, 0.15) is 19.3 Å². The molecule has 0 N–H and O–H groups in total. The third-order valence-corrected chi connectivity index (χ3v) is 4.84. The van der Waals surface area contributed by atoms with Gasteiger partial charge in [0.15, 0.2) is 0 Å². The van der Waals surface area contributed by atoms with Gasteiger partial charge in [0.1, 0.15) is 19.0 Å². The maximum absolute atomic E-state index is 3.56. The van der Waals surface area contributed by atoms with Gasteiger partial charge in [-0.05, 0) is 81.2 Å². The zero-order chi connectivity index (χ0) is 22.2. The molecule has 1 aromatic rings. The van der Waals surface area contributed by atoms with Crippen LogP contribution in [0.25, 0.3) is 0 Å². The lowest BCUT2D eigenvalue weighted by Crippen LogP contribution is -2.55. The predicted molar refractivity (Wildman–Crippen MR) is 124 cm³/mol. The third kappa shape index (κ3) is 14.7. The highest BCUT2D eigenvalue weighted by molar-refractivity contribution is 4.71. The van der Waals surface area contributed by atoms with Gasteiger partial charge in [-0.1, -0.05) is 0 Å². The minimum absolute atomic E-state index is 1.13. The van der Waals surface area contributed by atoms with Crippen LogP contribution in [0.2, 0.25) is 0 Å². The molecule has 0 bridgehead atoms. The molecule has 9 heteroatoms. The zero-order valence-electron chi connectivity index (χ0n) is 20.2. The van der Waals surface area contributed by atoms with Crippen LogP contribution in [-0.2, 0) is 0 Å². The van der Waals surface area contributed by atoms with E-state index in [9.17, 15) is 0 Å². The third-order valence-electron chi connectivity index (χ3n) is 4.84. The zero-order valence-corrected chi connectivity index (χ0v) is 20.2. The molecule has 0 aromatic carbocycles. The van der Waals surface area contributed by atoms with Gasteiger partial charge in [0.2, 0.25) is 0 Å². The van der Waals surface area contributed by atoms with Crippen LogP contribution >= 0.6 is 0 Å². The van der Waals surface area contributed by atoms with Gasteiger partial charge in [0.25, 0.3) is 0 Å². The quantitative estimate of drug-likeness (QED) is 0.478. The Morgan fingerprint density at radius 2 is 0.800 bits per heavy atom. The fraction of sp³-hybridized carbons (Fsp3) is 0.857. The molecule has 1 aliphatic heterocycles. The van der Waals surface area contributed by atoms with E-state index in [0.29, 0.717) is 0 Å². The summed E-state index contributed by atoms with van der Waals surface area (Å²) in [6.45, 7) is 10.5. The summed E-state index contributed by atoms with van der Waals surface area (Å²) in [5.41, 5.74) is 0. The number of aromatic nitrogens is 3. The molecule has 174 valence electrons. The molecule has 1 fully saturated rings. The molecule has 0 saturated carbocycles. The molecule has 2 rings (SSSR count). The van der Waals surface area contributed by atoms with Gasteiger partial charge in [-0.2, -0.15) is 0 Å². The molecule has 9 nitrogen and oxygen atoms in total. The van der Waals surface area contributed by atoms with Gasteiger partial charge in [-0.25, -0.2) is 15.0 Å².